The molecule has 1 fully saturated rings. The van der Waals surface area contributed by atoms with E-state index in [2.05, 4.69) is 53.6 Å². The molecule has 1 aliphatic carbocycles. The summed E-state index contributed by atoms with van der Waals surface area (Å²) in [4.78, 5) is 2.32. The zero-order valence-electron chi connectivity index (χ0n) is 11.1. The van der Waals surface area contributed by atoms with Gasteiger partial charge in [0.25, 0.3) is 0 Å². The summed E-state index contributed by atoms with van der Waals surface area (Å²) in [5.74, 6) is 0. The van der Waals surface area contributed by atoms with E-state index < -0.39 is 0 Å². The summed E-state index contributed by atoms with van der Waals surface area (Å²) in [6.45, 7) is 6.41. The highest BCUT2D eigenvalue weighted by Crippen LogP contribution is 2.20. The molecule has 1 aromatic rings. The van der Waals surface area contributed by atoms with Crippen LogP contribution in [0.1, 0.15) is 26.7 Å². The van der Waals surface area contributed by atoms with E-state index in [0.29, 0.717) is 6.04 Å². The summed E-state index contributed by atoms with van der Waals surface area (Å²) in [7, 11) is 0. The van der Waals surface area contributed by atoms with Crippen LogP contribution in [0.15, 0.2) is 24.3 Å². The van der Waals surface area contributed by atoms with Gasteiger partial charge in [-0.2, -0.15) is 0 Å². The fraction of sp³-hybridized carbons (Fsp3) is 0.500. The van der Waals surface area contributed by atoms with E-state index in [-0.39, 0.29) is 0 Å². The summed E-state index contributed by atoms with van der Waals surface area (Å²) in [6, 6.07) is 9.02. The van der Waals surface area contributed by atoms with Gasteiger partial charge in [0, 0.05) is 30.5 Å². The smallest absolute Gasteiger partial charge is 0.170 e. The fourth-order valence-electron chi connectivity index (χ4n) is 1.92. The molecule has 3 nitrogen and oxygen atoms in total. The van der Waals surface area contributed by atoms with Crippen LogP contribution in [0.5, 0.6) is 0 Å². The van der Waals surface area contributed by atoms with Crippen molar-refractivity contribution in [1.82, 2.24) is 5.32 Å². The van der Waals surface area contributed by atoms with Crippen molar-refractivity contribution in [2.45, 2.75) is 32.7 Å². The second-order valence-corrected chi connectivity index (χ2v) is 5.00. The predicted molar refractivity (Wildman–Crippen MR) is 82.4 cm³/mol. The Morgan fingerprint density at radius 1 is 1.22 bits per heavy atom. The van der Waals surface area contributed by atoms with Gasteiger partial charge in [0.2, 0.25) is 0 Å². The quantitative estimate of drug-likeness (QED) is 0.799. The monoisotopic (exact) mass is 263 g/mol. The van der Waals surface area contributed by atoms with E-state index in [1.54, 1.807) is 0 Å². The molecule has 0 atom stereocenters. The lowest BCUT2D eigenvalue weighted by Crippen LogP contribution is -2.30. The van der Waals surface area contributed by atoms with E-state index in [4.69, 9.17) is 12.2 Å². The molecule has 1 saturated carbocycles. The minimum absolute atomic E-state index is 0.597. The van der Waals surface area contributed by atoms with Gasteiger partial charge < -0.3 is 15.5 Å². The van der Waals surface area contributed by atoms with Gasteiger partial charge in [0.15, 0.2) is 5.11 Å². The van der Waals surface area contributed by atoms with Crippen LogP contribution < -0.4 is 15.5 Å². The second kappa shape index (κ2) is 6.05. The lowest BCUT2D eigenvalue weighted by atomic mass is 10.2. The first-order valence-corrected chi connectivity index (χ1v) is 7.06. The third kappa shape index (κ3) is 3.60. The Labute approximate surface area is 115 Å². The van der Waals surface area contributed by atoms with Crippen LogP contribution in [0, 0.1) is 0 Å². The van der Waals surface area contributed by atoms with Crippen molar-refractivity contribution in [3.05, 3.63) is 24.3 Å². The summed E-state index contributed by atoms with van der Waals surface area (Å²) in [5, 5.41) is 7.22. The third-order valence-corrected chi connectivity index (χ3v) is 3.39. The average molecular weight is 263 g/mol. The number of rotatable bonds is 5. The van der Waals surface area contributed by atoms with Gasteiger partial charge in [-0.1, -0.05) is 0 Å². The van der Waals surface area contributed by atoms with E-state index in [1.165, 1.54) is 18.5 Å². The first-order chi connectivity index (χ1) is 8.72. The standard InChI is InChI=1S/C14H21N3S/c1-3-17(4-2)13-9-7-12(8-10-13)16-14(18)15-11-5-6-11/h7-11H,3-6H2,1-2H3,(H2,15,16,18). The van der Waals surface area contributed by atoms with Crippen molar-refractivity contribution in [1.29, 1.82) is 0 Å². The maximum absolute atomic E-state index is 5.25. The number of thiocarbonyl (C=S) groups is 1. The molecule has 0 unspecified atom stereocenters. The van der Waals surface area contributed by atoms with Crippen molar-refractivity contribution < 1.29 is 0 Å². The van der Waals surface area contributed by atoms with Gasteiger partial charge in [0.1, 0.15) is 0 Å². The summed E-state index contributed by atoms with van der Waals surface area (Å²) >= 11 is 5.25. The maximum Gasteiger partial charge on any atom is 0.170 e. The molecule has 0 aliphatic heterocycles. The van der Waals surface area contributed by atoms with E-state index in [9.17, 15) is 0 Å². The molecule has 0 radical (unpaired) electrons. The van der Waals surface area contributed by atoms with Crippen LogP contribution in [0.4, 0.5) is 11.4 Å². The van der Waals surface area contributed by atoms with Crippen LogP contribution in [-0.2, 0) is 0 Å². The molecule has 0 saturated heterocycles. The van der Waals surface area contributed by atoms with Gasteiger partial charge in [-0.15, -0.1) is 0 Å². The molecule has 0 amide bonds. The Hall–Kier alpha value is -1.29. The normalized spacial score (nSPS) is 14.1. The van der Waals surface area contributed by atoms with Gasteiger partial charge in [0.05, 0.1) is 0 Å². The highest BCUT2D eigenvalue weighted by molar-refractivity contribution is 7.80. The second-order valence-electron chi connectivity index (χ2n) is 4.59. The highest BCUT2D eigenvalue weighted by Gasteiger charge is 2.21. The number of hydrogen-bond donors (Lipinski definition) is 2. The Bertz CT molecular complexity index is 394. The number of anilines is 2. The van der Waals surface area contributed by atoms with E-state index in [1.807, 2.05) is 0 Å². The van der Waals surface area contributed by atoms with Crippen LogP contribution in [0.25, 0.3) is 0 Å². The molecular weight excluding hydrogens is 242 g/mol. The van der Waals surface area contributed by atoms with Crippen LogP contribution >= 0.6 is 12.2 Å². The van der Waals surface area contributed by atoms with Crippen LogP contribution in [0.3, 0.4) is 0 Å². The zero-order chi connectivity index (χ0) is 13.0. The number of nitrogens with one attached hydrogen (secondary N) is 2. The Kier molecular flexibility index (Phi) is 4.42. The van der Waals surface area contributed by atoms with Crippen molar-refractivity contribution in [2.24, 2.45) is 0 Å². The summed E-state index contributed by atoms with van der Waals surface area (Å²) < 4.78 is 0. The molecule has 98 valence electrons. The van der Waals surface area contributed by atoms with E-state index >= 15 is 0 Å². The lowest BCUT2D eigenvalue weighted by molar-refractivity contribution is 0.866. The molecule has 4 heteroatoms. The Morgan fingerprint density at radius 2 is 1.83 bits per heavy atom. The molecule has 0 aromatic heterocycles. The van der Waals surface area contributed by atoms with Crippen molar-refractivity contribution in [2.75, 3.05) is 23.3 Å². The molecule has 18 heavy (non-hydrogen) atoms. The molecule has 2 N–H and O–H groups in total. The first kappa shape index (κ1) is 13.1. The number of hydrogen-bond acceptors (Lipinski definition) is 2. The fourth-order valence-corrected chi connectivity index (χ4v) is 2.21. The topological polar surface area (TPSA) is 27.3 Å². The van der Waals surface area contributed by atoms with Crippen LogP contribution in [0.2, 0.25) is 0 Å². The Balaban J connectivity index is 1.91. The van der Waals surface area contributed by atoms with Gasteiger partial charge >= 0.3 is 0 Å². The molecule has 0 spiro atoms. The van der Waals surface area contributed by atoms with E-state index in [0.717, 1.165) is 23.9 Å². The molecule has 0 heterocycles. The SMILES string of the molecule is CCN(CC)c1ccc(NC(=S)NC2CC2)cc1. The summed E-state index contributed by atoms with van der Waals surface area (Å²) in [5.41, 5.74) is 2.30. The minimum Gasteiger partial charge on any atom is -0.372 e. The maximum atomic E-state index is 5.25. The average Bonchev–Trinajstić information content (AvgIpc) is 3.16. The highest BCUT2D eigenvalue weighted by atomic mass is 32.1. The van der Waals surface area contributed by atoms with Crippen molar-refractivity contribution in [3.63, 3.8) is 0 Å². The molecule has 1 aliphatic rings. The third-order valence-electron chi connectivity index (χ3n) is 3.17. The molecule has 2 rings (SSSR count). The molecular formula is C14H21N3S. The number of nitrogens with zero attached hydrogens (tertiary/aromatic N) is 1. The predicted octanol–water partition coefficient (Wildman–Crippen LogP) is 2.98. The van der Waals surface area contributed by atoms with Gasteiger partial charge in [-0.05, 0) is 63.2 Å². The van der Waals surface area contributed by atoms with Crippen molar-refractivity contribution in [3.8, 4) is 0 Å². The minimum atomic E-state index is 0.597. The Morgan fingerprint density at radius 3 is 2.33 bits per heavy atom. The first-order valence-electron chi connectivity index (χ1n) is 6.65. The molecule has 0 bridgehead atoms. The van der Waals surface area contributed by atoms with Crippen LogP contribution in [-0.4, -0.2) is 24.2 Å². The zero-order valence-corrected chi connectivity index (χ0v) is 11.9. The summed E-state index contributed by atoms with van der Waals surface area (Å²) in [6.07, 6.45) is 2.48. The largest absolute Gasteiger partial charge is 0.372 e. The number of benzene rings is 1. The van der Waals surface area contributed by atoms with Crippen molar-refractivity contribution >= 4 is 28.7 Å². The molecule has 1 aromatic carbocycles. The van der Waals surface area contributed by atoms with Gasteiger partial charge in [-0.25, -0.2) is 0 Å². The lowest BCUT2D eigenvalue weighted by Gasteiger charge is -2.21. The van der Waals surface area contributed by atoms with Gasteiger partial charge in [-0.3, -0.25) is 0 Å².